The predicted octanol–water partition coefficient (Wildman–Crippen LogP) is 4.18. The lowest BCUT2D eigenvalue weighted by Crippen LogP contribution is -2.26. The number of hydrogen-bond acceptors (Lipinski definition) is 5. The molecule has 0 fully saturated rings. The highest BCUT2D eigenvalue weighted by molar-refractivity contribution is 6.36. The Kier molecular flexibility index (Phi) is 5.84. The lowest BCUT2D eigenvalue weighted by Gasteiger charge is -2.12. The quantitative estimate of drug-likeness (QED) is 0.236. The van der Waals surface area contributed by atoms with E-state index in [2.05, 4.69) is 20.6 Å². The fraction of sp³-hybridized carbons (Fsp3) is 0.143. The van der Waals surface area contributed by atoms with Crippen LogP contribution in [0.15, 0.2) is 61.1 Å². The van der Waals surface area contributed by atoms with Crippen molar-refractivity contribution in [1.29, 1.82) is 0 Å². The van der Waals surface area contributed by atoms with E-state index in [9.17, 15) is 19.5 Å². The zero-order valence-electron chi connectivity index (χ0n) is 20.0. The number of phenolic OH excluding ortho intramolecular Hbond substituents is 1. The molecule has 0 unspecified atom stereocenters. The molecule has 0 saturated heterocycles. The summed E-state index contributed by atoms with van der Waals surface area (Å²) in [6.45, 7) is 0.783. The molecule has 0 bridgehead atoms. The number of aromatic hydroxyl groups is 1. The SMILES string of the molecule is O=C(CCn1c2ccc(O)cc2c2c3c(c(-c4ccccc4Cl)cc21)C(=O)NC3=O)NCCc1cnc[nH]1. The number of carbonyl (C=O) groups is 3. The Morgan fingerprint density at radius 2 is 1.84 bits per heavy atom. The molecular weight excluding hydrogens is 506 g/mol. The third-order valence-electron chi connectivity index (χ3n) is 6.82. The minimum atomic E-state index is -0.511. The topological polar surface area (TPSA) is 129 Å². The standard InChI is InChI=1S/C28H22ClN5O4/c29-20-4-2-1-3-17(20)18-12-22-24(26-25(18)27(37)33-28(26)38)19-11-16(35)5-6-21(19)34(22)10-8-23(36)31-9-7-15-13-30-14-32-15/h1-6,11-14,35H,7-10H2,(H,30,32)(H,31,36)(H,33,37,38). The normalized spacial score (nSPS) is 12.8. The molecule has 5 aromatic rings. The number of imidazole rings is 1. The summed E-state index contributed by atoms with van der Waals surface area (Å²) in [5.41, 5.74) is 3.95. The van der Waals surface area contributed by atoms with Crippen LogP contribution in [0, 0.1) is 0 Å². The van der Waals surface area contributed by atoms with E-state index in [1.165, 1.54) is 0 Å². The van der Waals surface area contributed by atoms with Gasteiger partial charge in [-0.1, -0.05) is 29.8 Å². The minimum absolute atomic E-state index is 0.0294. The molecule has 0 spiro atoms. The van der Waals surface area contributed by atoms with Crippen LogP contribution in [-0.2, 0) is 17.8 Å². The number of H-pyrrole nitrogens is 1. The molecule has 3 heterocycles. The van der Waals surface area contributed by atoms with Crippen LogP contribution < -0.4 is 10.6 Å². The summed E-state index contributed by atoms with van der Waals surface area (Å²) in [6.07, 6.45) is 4.14. The van der Waals surface area contributed by atoms with Crippen LogP contribution >= 0.6 is 11.6 Å². The average molecular weight is 528 g/mol. The Morgan fingerprint density at radius 1 is 1.03 bits per heavy atom. The number of nitrogens with one attached hydrogen (secondary N) is 3. The Bertz CT molecular complexity index is 1760. The monoisotopic (exact) mass is 527 g/mol. The second-order valence-corrected chi connectivity index (χ2v) is 9.52. The van der Waals surface area contributed by atoms with Gasteiger partial charge in [0.05, 0.1) is 23.0 Å². The molecule has 0 saturated carbocycles. The first-order valence-electron chi connectivity index (χ1n) is 12.1. The molecule has 9 nitrogen and oxygen atoms in total. The fourth-order valence-corrected chi connectivity index (χ4v) is 5.36. The van der Waals surface area contributed by atoms with Gasteiger partial charge in [0.1, 0.15) is 5.75 Å². The van der Waals surface area contributed by atoms with Crippen LogP contribution in [0.5, 0.6) is 5.75 Å². The number of aryl methyl sites for hydroxylation is 1. The number of aromatic amines is 1. The number of fused-ring (bicyclic) bond motifs is 5. The zero-order chi connectivity index (χ0) is 26.4. The van der Waals surface area contributed by atoms with Gasteiger partial charge in [0.2, 0.25) is 5.91 Å². The fourth-order valence-electron chi connectivity index (χ4n) is 5.13. The first-order chi connectivity index (χ1) is 18.4. The number of benzene rings is 3. The number of rotatable bonds is 7. The molecule has 6 rings (SSSR count). The predicted molar refractivity (Wildman–Crippen MR) is 143 cm³/mol. The van der Waals surface area contributed by atoms with Crippen molar-refractivity contribution in [2.75, 3.05) is 6.54 Å². The summed E-state index contributed by atoms with van der Waals surface area (Å²) in [4.78, 5) is 45.7. The minimum Gasteiger partial charge on any atom is -0.508 e. The van der Waals surface area contributed by atoms with Crippen molar-refractivity contribution in [2.45, 2.75) is 19.4 Å². The van der Waals surface area contributed by atoms with Gasteiger partial charge in [-0.3, -0.25) is 19.7 Å². The van der Waals surface area contributed by atoms with Crippen LogP contribution in [0.3, 0.4) is 0 Å². The van der Waals surface area contributed by atoms with Crippen molar-refractivity contribution >= 4 is 51.1 Å². The van der Waals surface area contributed by atoms with E-state index in [0.29, 0.717) is 51.9 Å². The molecular formula is C28H22ClN5O4. The summed E-state index contributed by atoms with van der Waals surface area (Å²) < 4.78 is 1.94. The van der Waals surface area contributed by atoms with Gasteiger partial charge in [0, 0.05) is 64.7 Å². The third-order valence-corrected chi connectivity index (χ3v) is 7.15. The number of nitrogens with zero attached hydrogens (tertiary/aromatic N) is 2. The summed E-state index contributed by atoms with van der Waals surface area (Å²) >= 11 is 6.51. The van der Waals surface area contributed by atoms with Gasteiger partial charge >= 0.3 is 0 Å². The zero-order valence-corrected chi connectivity index (χ0v) is 20.8. The number of phenols is 1. The van der Waals surface area contributed by atoms with Crippen molar-refractivity contribution in [1.82, 2.24) is 25.2 Å². The number of imide groups is 1. The van der Waals surface area contributed by atoms with E-state index < -0.39 is 11.8 Å². The van der Waals surface area contributed by atoms with E-state index >= 15 is 0 Å². The lowest BCUT2D eigenvalue weighted by molar-refractivity contribution is -0.121. The maximum atomic E-state index is 13.1. The van der Waals surface area contributed by atoms with Gasteiger partial charge < -0.3 is 20.0 Å². The highest BCUT2D eigenvalue weighted by Gasteiger charge is 2.35. The van der Waals surface area contributed by atoms with E-state index in [4.69, 9.17) is 11.6 Å². The Labute approximate surface area is 221 Å². The molecule has 0 atom stereocenters. The van der Waals surface area contributed by atoms with E-state index in [1.54, 1.807) is 48.9 Å². The van der Waals surface area contributed by atoms with E-state index in [-0.39, 0.29) is 29.2 Å². The molecule has 190 valence electrons. The number of carbonyl (C=O) groups excluding carboxylic acids is 3. The third kappa shape index (κ3) is 3.97. The molecule has 10 heteroatoms. The second-order valence-electron chi connectivity index (χ2n) is 9.11. The van der Waals surface area contributed by atoms with Crippen molar-refractivity contribution < 1.29 is 19.5 Å². The number of hydrogen-bond donors (Lipinski definition) is 4. The molecule has 0 radical (unpaired) electrons. The first kappa shape index (κ1) is 23.7. The van der Waals surface area contributed by atoms with Gasteiger partial charge in [0.25, 0.3) is 11.8 Å². The number of aromatic nitrogens is 3. The molecule has 38 heavy (non-hydrogen) atoms. The molecule has 1 aliphatic rings. The highest BCUT2D eigenvalue weighted by atomic mass is 35.5. The van der Waals surface area contributed by atoms with Crippen LogP contribution in [0.25, 0.3) is 32.9 Å². The van der Waals surface area contributed by atoms with E-state index in [0.717, 1.165) is 11.2 Å². The van der Waals surface area contributed by atoms with Crippen molar-refractivity contribution in [3.63, 3.8) is 0 Å². The Morgan fingerprint density at radius 3 is 2.63 bits per heavy atom. The molecule has 0 aliphatic carbocycles. The second kappa shape index (κ2) is 9.35. The molecule has 2 aromatic heterocycles. The molecule has 1 aliphatic heterocycles. The summed E-state index contributed by atoms with van der Waals surface area (Å²) in [5, 5.41) is 17.2. The van der Waals surface area contributed by atoms with Crippen molar-refractivity contribution in [3.05, 3.63) is 82.9 Å². The van der Waals surface area contributed by atoms with Gasteiger partial charge in [-0.2, -0.15) is 0 Å². The first-order valence-corrected chi connectivity index (χ1v) is 12.5. The largest absolute Gasteiger partial charge is 0.508 e. The maximum absolute atomic E-state index is 13.1. The van der Waals surface area contributed by atoms with E-state index in [1.807, 2.05) is 16.7 Å². The summed E-state index contributed by atoms with van der Waals surface area (Å²) in [7, 11) is 0. The lowest BCUT2D eigenvalue weighted by atomic mass is 9.93. The number of amides is 3. The number of halogens is 1. The summed E-state index contributed by atoms with van der Waals surface area (Å²) in [5.74, 6) is -1.11. The van der Waals surface area contributed by atoms with Gasteiger partial charge in [-0.15, -0.1) is 0 Å². The average Bonchev–Trinajstić information content (AvgIpc) is 3.59. The van der Waals surface area contributed by atoms with Crippen LogP contribution in [-0.4, -0.2) is 43.9 Å². The van der Waals surface area contributed by atoms with Crippen molar-refractivity contribution in [3.8, 4) is 16.9 Å². The molecule has 3 aromatic carbocycles. The van der Waals surface area contributed by atoms with Gasteiger partial charge in [0.15, 0.2) is 0 Å². The van der Waals surface area contributed by atoms with Crippen LogP contribution in [0.2, 0.25) is 5.02 Å². The van der Waals surface area contributed by atoms with Gasteiger partial charge in [-0.25, -0.2) is 4.98 Å². The Hall–Kier alpha value is -4.63. The highest BCUT2D eigenvalue weighted by Crippen LogP contribution is 2.42. The smallest absolute Gasteiger partial charge is 0.259 e. The maximum Gasteiger partial charge on any atom is 0.259 e. The van der Waals surface area contributed by atoms with Crippen LogP contribution in [0.1, 0.15) is 32.8 Å². The van der Waals surface area contributed by atoms with Gasteiger partial charge in [-0.05, 0) is 35.9 Å². The molecule has 3 amide bonds. The summed E-state index contributed by atoms with van der Waals surface area (Å²) in [6, 6.07) is 13.8. The Balaban J connectivity index is 1.46. The molecule has 4 N–H and O–H groups in total. The van der Waals surface area contributed by atoms with Crippen molar-refractivity contribution in [2.24, 2.45) is 0 Å². The van der Waals surface area contributed by atoms with Crippen LogP contribution in [0.4, 0.5) is 0 Å².